The predicted octanol–water partition coefficient (Wildman–Crippen LogP) is 3.08. The molecule has 2 aromatic carbocycles. The highest BCUT2D eigenvalue weighted by atomic mass is 19.4. The lowest BCUT2D eigenvalue weighted by Crippen LogP contribution is -2.49. The number of hydrogen-bond acceptors (Lipinski definition) is 6. The number of primary amides is 1. The van der Waals surface area contributed by atoms with Crippen LogP contribution in [-0.2, 0) is 16.0 Å². The topological polar surface area (TPSA) is 94.3 Å². The largest absolute Gasteiger partial charge is 0.573 e. The number of carbonyl (C=O) groups is 2. The first-order valence-electron chi connectivity index (χ1n) is 11.8. The Morgan fingerprint density at radius 2 is 1.76 bits per heavy atom. The van der Waals surface area contributed by atoms with Crippen LogP contribution in [-0.4, -0.2) is 74.7 Å². The van der Waals surface area contributed by atoms with E-state index in [-0.39, 0.29) is 43.2 Å². The fourth-order valence-electron chi connectivity index (χ4n) is 4.33. The number of nitrogens with zero attached hydrogens (tertiary/aromatic N) is 2. The van der Waals surface area contributed by atoms with Crippen LogP contribution >= 0.6 is 0 Å². The number of carbonyl (C=O) groups excluding carboxylic acids is 2. The molecule has 37 heavy (non-hydrogen) atoms. The molecule has 8 nitrogen and oxygen atoms in total. The second-order valence-corrected chi connectivity index (χ2v) is 8.81. The molecular weight excluding hydrogens is 498 g/mol. The van der Waals surface area contributed by atoms with Crippen LogP contribution in [0.5, 0.6) is 11.5 Å². The molecule has 0 saturated carbocycles. The van der Waals surface area contributed by atoms with Gasteiger partial charge < -0.3 is 29.7 Å². The number of piperidine rings is 1. The van der Waals surface area contributed by atoms with E-state index >= 15 is 4.39 Å². The van der Waals surface area contributed by atoms with E-state index in [9.17, 15) is 22.8 Å². The van der Waals surface area contributed by atoms with Crippen molar-refractivity contribution in [3.8, 4) is 11.5 Å². The normalized spacial score (nSPS) is 20.4. The molecule has 2 aliphatic heterocycles. The van der Waals surface area contributed by atoms with Gasteiger partial charge in [-0.05, 0) is 29.8 Å². The number of alkyl halides is 4. The van der Waals surface area contributed by atoms with E-state index in [0.717, 1.165) is 17.8 Å². The van der Waals surface area contributed by atoms with E-state index in [1.807, 2.05) is 0 Å². The van der Waals surface area contributed by atoms with Gasteiger partial charge in [-0.2, -0.15) is 0 Å². The molecule has 4 rings (SSSR count). The van der Waals surface area contributed by atoms with Gasteiger partial charge in [-0.25, -0.2) is 4.39 Å². The Bertz CT molecular complexity index is 1110. The average molecular weight is 525 g/mol. The quantitative estimate of drug-likeness (QED) is 0.559. The molecule has 2 amide bonds. The van der Waals surface area contributed by atoms with Crippen LogP contribution in [0, 0.1) is 0 Å². The molecule has 2 aromatic rings. The number of nitrogens with two attached hydrogens (primary N) is 1. The van der Waals surface area contributed by atoms with Gasteiger partial charge in [0.25, 0.3) is 5.91 Å². The molecule has 2 saturated heterocycles. The van der Waals surface area contributed by atoms with Crippen molar-refractivity contribution in [2.75, 3.05) is 44.3 Å². The van der Waals surface area contributed by atoms with Crippen molar-refractivity contribution in [2.45, 2.75) is 31.5 Å². The van der Waals surface area contributed by atoms with Crippen molar-refractivity contribution in [3.63, 3.8) is 0 Å². The maximum Gasteiger partial charge on any atom is 0.573 e. The Balaban J connectivity index is 1.36. The molecular formula is C25H27F4N3O5. The molecule has 0 aromatic heterocycles. The van der Waals surface area contributed by atoms with Gasteiger partial charge in [-0.15, -0.1) is 13.2 Å². The van der Waals surface area contributed by atoms with Gasteiger partial charge in [0.05, 0.1) is 31.7 Å². The average Bonchev–Trinajstić information content (AvgIpc) is 2.86. The molecule has 0 aliphatic carbocycles. The standard InChI is InChI=1S/C25H27F4N3O5/c26-20-15-32(23(33)13-16-1-4-18(5-2-16)37-25(27,28)29)8-7-21(20)36-22-14-17(3-6-19(22)24(30)34)31-9-11-35-12-10-31/h1-6,14,20-21H,7-13,15H2,(H2,30,34)/t20-,21+/m0/s1. The number of hydrogen-bond donors (Lipinski definition) is 1. The van der Waals surface area contributed by atoms with E-state index < -0.39 is 30.3 Å². The number of halogens is 4. The number of ether oxygens (including phenoxy) is 3. The highest BCUT2D eigenvalue weighted by Gasteiger charge is 2.34. The lowest BCUT2D eigenvalue weighted by molar-refractivity contribution is -0.274. The molecule has 0 spiro atoms. The Labute approximate surface area is 210 Å². The van der Waals surface area contributed by atoms with Gasteiger partial charge in [0.1, 0.15) is 17.6 Å². The molecule has 2 heterocycles. The zero-order valence-electron chi connectivity index (χ0n) is 19.9. The van der Waals surface area contributed by atoms with Crippen LogP contribution in [0.15, 0.2) is 42.5 Å². The van der Waals surface area contributed by atoms with Crippen LogP contribution in [0.2, 0.25) is 0 Å². The van der Waals surface area contributed by atoms with Crippen LogP contribution in [0.1, 0.15) is 22.3 Å². The highest BCUT2D eigenvalue weighted by molar-refractivity contribution is 5.96. The molecule has 2 N–H and O–H groups in total. The maximum absolute atomic E-state index is 15.1. The molecule has 0 radical (unpaired) electrons. The van der Waals surface area contributed by atoms with Crippen molar-refractivity contribution < 1.29 is 41.4 Å². The first kappa shape index (κ1) is 26.5. The summed E-state index contributed by atoms with van der Waals surface area (Å²) in [6.45, 7) is 2.47. The molecule has 0 unspecified atom stereocenters. The summed E-state index contributed by atoms with van der Waals surface area (Å²) < 4.78 is 67.1. The molecule has 12 heteroatoms. The second kappa shape index (κ2) is 11.2. The Morgan fingerprint density at radius 3 is 2.38 bits per heavy atom. The number of rotatable bonds is 7. The monoisotopic (exact) mass is 525 g/mol. The minimum Gasteiger partial charge on any atom is -0.486 e. The lowest BCUT2D eigenvalue weighted by Gasteiger charge is -2.35. The SMILES string of the molecule is NC(=O)c1ccc(N2CCOCC2)cc1O[C@@H]1CCN(C(=O)Cc2ccc(OC(F)(F)F)cc2)C[C@@H]1F. The number of anilines is 1. The lowest BCUT2D eigenvalue weighted by atomic mass is 10.0. The van der Waals surface area contributed by atoms with Crippen LogP contribution < -0.4 is 20.1 Å². The third-order valence-corrected chi connectivity index (χ3v) is 6.23. The summed E-state index contributed by atoms with van der Waals surface area (Å²) in [5.74, 6) is -1.26. The van der Waals surface area contributed by atoms with Crippen molar-refractivity contribution >= 4 is 17.5 Å². The number of likely N-dealkylation sites (tertiary alicyclic amines) is 1. The van der Waals surface area contributed by atoms with Gasteiger partial charge in [0.15, 0.2) is 6.17 Å². The molecule has 2 fully saturated rings. The third kappa shape index (κ3) is 7.03. The van der Waals surface area contributed by atoms with Crippen LogP contribution in [0.3, 0.4) is 0 Å². The van der Waals surface area contributed by atoms with Crippen LogP contribution in [0.25, 0.3) is 0 Å². The van der Waals surface area contributed by atoms with Gasteiger partial charge in [-0.1, -0.05) is 12.1 Å². The van der Waals surface area contributed by atoms with Gasteiger partial charge in [0.2, 0.25) is 5.91 Å². The van der Waals surface area contributed by atoms with Gasteiger partial charge >= 0.3 is 6.36 Å². The van der Waals surface area contributed by atoms with Gasteiger partial charge in [-0.3, -0.25) is 9.59 Å². The summed E-state index contributed by atoms with van der Waals surface area (Å²) in [6, 6.07) is 9.93. The van der Waals surface area contributed by atoms with Gasteiger partial charge in [0, 0.05) is 37.8 Å². The summed E-state index contributed by atoms with van der Waals surface area (Å²) >= 11 is 0. The second-order valence-electron chi connectivity index (χ2n) is 8.81. The fraction of sp³-hybridized carbons (Fsp3) is 0.440. The zero-order valence-corrected chi connectivity index (χ0v) is 19.9. The summed E-state index contributed by atoms with van der Waals surface area (Å²) in [5.41, 5.74) is 6.91. The minimum absolute atomic E-state index is 0.0992. The first-order valence-corrected chi connectivity index (χ1v) is 11.8. The molecule has 2 aliphatic rings. The summed E-state index contributed by atoms with van der Waals surface area (Å²) in [5, 5.41) is 0. The number of morpholine rings is 1. The Morgan fingerprint density at radius 1 is 1.05 bits per heavy atom. The van der Waals surface area contributed by atoms with E-state index in [0.29, 0.717) is 31.9 Å². The maximum atomic E-state index is 15.1. The van der Waals surface area contributed by atoms with Crippen LogP contribution in [0.4, 0.5) is 23.2 Å². The first-order chi connectivity index (χ1) is 17.6. The third-order valence-electron chi connectivity index (χ3n) is 6.23. The van der Waals surface area contributed by atoms with E-state index in [2.05, 4.69) is 9.64 Å². The van der Waals surface area contributed by atoms with Crippen molar-refractivity contribution in [1.29, 1.82) is 0 Å². The smallest absolute Gasteiger partial charge is 0.486 e. The highest BCUT2D eigenvalue weighted by Crippen LogP contribution is 2.30. The minimum atomic E-state index is -4.80. The zero-order chi connectivity index (χ0) is 26.6. The fourth-order valence-corrected chi connectivity index (χ4v) is 4.33. The van der Waals surface area contributed by atoms with E-state index in [4.69, 9.17) is 15.2 Å². The summed E-state index contributed by atoms with van der Waals surface area (Å²) in [4.78, 5) is 28.0. The number of benzene rings is 2. The summed E-state index contributed by atoms with van der Waals surface area (Å²) in [7, 11) is 0. The molecule has 200 valence electrons. The van der Waals surface area contributed by atoms with E-state index in [1.165, 1.54) is 17.0 Å². The molecule has 2 atom stereocenters. The Kier molecular flexibility index (Phi) is 8.06. The van der Waals surface area contributed by atoms with Crippen molar-refractivity contribution in [2.24, 2.45) is 5.73 Å². The number of amides is 2. The molecule has 0 bridgehead atoms. The predicted molar refractivity (Wildman–Crippen MR) is 125 cm³/mol. The van der Waals surface area contributed by atoms with Crippen molar-refractivity contribution in [3.05, 3.63) is 53.6 Å². The van der Waals surface area contributed by atoms with E-state index in [1.54, 1.807) is 18.2 Å². The summed E-state index contributed by atoms with van der Waals surface area (Å²) in [6.07, 6.45) is -7.13. The Hall–Kier alpha value is -3.54. The van der Waals surface area contributed by atoms with Crippen molar-refractivity contribution in [1.82, 2.24) is 4.90 Å².